The van der Waals surface area contributed by atoms with Gasteiger partial charge in [0.15, 0.2) is 5.65 Å². The van der Waals surface area contributed by atoms with Crippen LogP contribution in [0.15, 0.2) is 12.5 Å². The average molecular weight is 603 g/mol. The molecule has 43 heavy (non-hydrogen) atoms. The second kappa shape index (κ2) is 11.0. The third kappa shape index (κ3) is 4.82. The minimum absolute atomic E-state index is 0.0769. The Hall–Kier alpha value is -2.75. The molecule has 0 unspecified atom stereocenters. The second-order valence-corrected chi connectivity index (χ2v) is 14.7. The van der Waals surface area contributed by atoms with Crippen LogP contribution < -0.4 is 0 Å². The predicted molar refractivity (Wildman–Crippen MR) is 173 cm³/mol. The summed E-state index contributed by atoms with van der Waals surface area (Å²) in [4.78, 5) is 29.2. The molecule has 0 atom stereocenters. The zero-order valence-corrected chi connectivity index (χ0v) is 27.4. The van der Waals surface area contributed by atoms with Gasteiger partial charge in [0.2, 0.25) is 5.91 Å². The molecule has 2 aliphatic heterocycles. The molecule has 6 heterocycles. The molecule has 9 heteroatoms. The summed E-state index contributed by atoms with van der Waals surface area (Å²) in [6.45, 7) is 19.1. The molecule has 0 radical (unpaired) electrons. The number of amides is 1. The lowest BCUT2D eigenvalue weighted by Gasteiger charge is -2.52. The number of ether oxygens (including phenoxy) is 1. The van der Waals surface area contributed by atoms with Gasteiger partial charge in [0.05, 0.1) is 17.9 Å². The van der Waals surface area contributed by atoms with Crippen molar-refractivity contribution < 1.29 is 9.53 Å². The Kier molecular flexibility index (Phi) is 7.42. The van der Waals surface area contributed by atoms with E-state index in [-0.39, 0.29) is 11.5 Å². The maximum absolute atomic E-state index is 13.5. The summed E-state index contributed by atoms with van der Waals surface area (Å²) in [5, 5.41) is 5.84. The van der Waals surface area contributed by atoms with Crippen molar-refractivity contribution in [3.8, 4) is 11.3 Å². The molecule has 1 aliphatic carbocycles. The van der Waals surface area contributed by atoms with Crippen LogP contribution in [0.1, 0.15) is 91.8 Å². The SMILES string of the molecule is CCCN1CCO[C@]2(C1)C[C@@H](C(=O)N1CCC(c3sc4[nH]c(-c5cn6ncnc6c(C)c5C)c(C(C)C)c4c3C)CC1)C2. The van der Waals surface area contributed by atoms with Crippen LogP contribution >= 0.6 is 11.3 Å². The minimum atomic E-state index is -0.0769. The Morgan fingerprint density at radius 1 is 1.14 bits per heavy atom. The van der Waals surface area contributed by atoms with E-state index in [1.807, 2.05) is 15.9 Å². The number of rotatable bonds is 6. The summed E-state index contributed by atoms with van der Waals surface area (Å²) in [5.41, 5.74) is 8.48. The number of carbonyl (C=O) groups is 1. The van der Waals surface area contributed by atoms with Gasteiger partial charge in [-0.25, -0.2) is 9.50 Å². The Morgan fingerprint density at radius 3 is 2.63 bits per heavy atom. The lowest BCUT2D eigenvalue weighted by molar-refractivity contribution is -0.185. The van der Waals surface area contributed by atoms with Crippen molar-refractivity contribution in [1.82, 2.24) is 29.4 Å². The van der Waals surface area contributed by atoms with E-state index < -0.39 is 0 Å². The zero-order valence-electron chi connectivity index (χ0n) is 26.6. The van der Waals surface area contributed by atoms with Crippen LogP contribution in [-0.4, -0.2) is 80.2 Å². The Morgan fingerprint density at radius 2 is 1.91 bits per heavy atom. The van der Waals surface area contributed by atoms with Gasteiger partial charge >= 0.3 is 0 Å². The molecule has 2 saturated heterocycles. The number of aryl methyl sites for hydroxylation is 2. The van der Waals surface area contributed by atoms with E-state index in [9.17, 15) is 4.79 Å². The fourth-order valence-corrected chi connectivity index (χ4v) is 9.59. The zero-order chi connectivity index (χ0) is 30.0. The van der Waals surface area contributed by atoms with Crippen LogP contribution in [0.2, 0.25) is 0 Å². The predicted octanol–water partition coefficient (Wildman–Crippen LogP) is 6.58. The number of piperidine rings is 1. The molecule has 3 aliphatic rings. The minimum Gasteiger partial charge on any atom is -0.372 e. The molecular weight excluding hydrogens is 556 g/mol. The monoisotopic (exact) mass is 602 g/mol. The van der Waals surface area contributed by atoms with Crippen LogP contribution in [0.4, 0.5) is 0 Å². The van der Waals surface area contributed by atoms with Crippen LogP contribution in [0.25, 0.3) is 27.1 Å². The Bertz CT molecular complexity index is 1660. The molecule has 1 amide bonds. The van der Waals surface area contributed by atoms with E-state index in [2.05, 4.69) is 72.6 Å². The molecule has 8 nitrogen and oxygen atoms in total. The van der Waals surface area contributed by atoms with Crippen molar-refractivity contribution in [2.24, 2.45) is 5.92 Å². The van der Waals surface area contributed by atoms with Crippen molar-refractivity contribution in [2.45, 2.75) is 91.1 Å². The molecule has 1 saturated carbocycles. The van der Waals surface area contributed by atoms with Gasteiger partial charge in [-0.2, -0.15) is 5.10 Å². The lowest BCUT2D eigenvalue weighted by atomic mass is 9.69. The number of likely N-dealkylation sites (tertiary alicyclic amines) is 1. The van der Waals surface area contributed by atoms with Gasteiger partial charge in [0.25, 0.3) is 0 Å². The summed E-state index contributed by atoms with van der Waals surface area (Å²) >= 11 is 1.93. The second-order valence-electron chi connectivity index (χ2n) is 13.7. The fraction of sp³-hybridized carbons (Fsp3) is 0.618. The normalized spacial score (nSPS) is 23.7. The standard InChI is InChI=1S/C34H46N6O2S/c1-7-10-38-13-14-42-34(18-38)15-25(16-34)33(41)39-11-8-24(9-12-39)30-23(6)28-27(20(2)3)29(37-32(28)43-30)26-17-40-31(35-19-36-40)22(5)21(26)4/h17,19-20,24-25,37H,7-16,18H2,1-6H3/t25-,34-. The van der Waals surface area contributed by atoms with E-state index in [1.54, 1.807) is 6.33 Å². The quantitative estimate of drug-likeness (QED) is 0.270. The topological polar surface area (TPSA) is 78.8 Å². The smallest absolute Gasteiger partial charge is 0.225 e. The number of aromatic amines is 1. The molecule has 7 rings (SSSR count). The number of hydrogen-bond acceptors (Lipinski definition) is 6. The van der Waals surface area contributed by atoms with E-state index in [4.69, 9.17) is 4.74 Å². The summed E-state index contributed by atoms with van der Waals surface area (Å²) in [5.74, 6) is 1.38. The van der Waals surface area contributed by atoms with Crippen LogP contribution in [0, 0.1) is 26.7 Å². The maximum Gasteiger partial charge on any atom is 0.225 e. The van der Waals surface area contributed by atoms with Gasteiger partial charge in [-0.05, 0) is 93.5 Å². The van der Waals surface area contributed by atoms with Crippen LogP contribution in [-0.2, 0) is 9.53 Å². The van der Waals surface area contributed by atoms with Gasteiger partial charge in [-0.15, -0.1) is 11.3 Å². The Balaban J connectivity index is 1.07. The van der Waals surface area contributed by atoms with Gasteiger partial charge in [0.1, 0.15) is 11.2 Å². The van der Waals surface area contributed by atoms with Crippen LogP contribution in [0.3, 0.4) is 0 Å². The molecule has 0 bridgehead atoms. The number of nitrogens with one attached hydrogen (secondary N) is 1. The molecular formula is C34H46N6O2S. The largest absolute Gasteiger partial charge is 0.372 e. The Labute approximate surface area is 258 Å². The summed E-state index contributed by atoms with van der Waals surface area (Å²) < 4.78 is 8.12. The van der Waals surface area contributed by atoms with Gasteiger partial charge in [-0.1, -0.05) is 20.8 Å². The van der Waals surface area contributed by atoms with Gasteiger partial charge in [0, 0.05) is 54.1 Å². The summed E-state index contributed by atoms with van der Waals surface area (Å²) in [6, 6.07) is 0. The number of aromatic nitrogens is 4. The highest BCUT2D eigenvalue weighted by atomic mass is 32.1. The van der Waals surface area contributed by atoms with Crippen molar-refractivity contribution >= 4 is 33.1 Å². The first-order valence-electron chi connectivity index (χ1n) is 16.3. The van der Waals surface area contributed by atoms with E-state index in [0.29, 0.717) is 17.7 Å². The number of H-pyrrole nitrogens is 1. The highest BCUT2D eigenvalue weighted by Crippen LogP contribution is 2.48. The number of pyridine rings is 1. The van der Waals surface area contributed by atoms with E-state index in [1.165, 1.54) is 55.0 Å². The highest BCUT2D eigenvalue weighted by molar-refractivity contribution is 7.19. The number of carbonyl (C=O) groups excluding carboxylic acids is 1. The number of thiophene rings is 1. The van der Waals surface area contributed by atoms with Gasteiger partial charge < -0.3 is 14.6 Å². The average Bonchev–Trinajstić information content (AvgIpc) is 3.68. The molecule has 1 spiro atoms. The van der Waals surface area contributed by atoms with Crippen molar-refractivity contribution in [2.75, 3.05) is 39.3 Å². The van der Waals surface area contributed by atoms with E-state index in [0.717, 1.165) is 70.7 Å². The number of morpholine rings is 1. The molecule has 4 aromatic heterocycles. The van der Waals surface area contributed by atoms with Crippen molar-refractivity contribution in [3.63, 3.8) is 0 Å². The number of hydrogen-bond donors (Lipinski definition) is 1. The first kappa shape index (κ1) is 29.0. The van der Waals surface area contributed by atoms with Crippen molar-refractivity contribution in [3.05, 3.63) is 39.7 Å². The number of nitrogens with zero attached hydrogens (tertiary/aromatic N) is 5. The third-order valence-electron chi connectivity index (χ3n) is 10.6. The van der Waals surface area contributed by atoms with Gasteiger partial charge in [-0.3, -0.25) is 9.69 Å². The highest BCUT2D eigenvalue weighted by Gasteiger charge is 2.51. The molecule has 230 valence electrons. The lowest BCUT2D eigenvalue weighted by Crippen LogP contribution is -2.61. The summed E-state index contributed by atoms with van der Waals surface area (Å²) in [6.07, 6.45) is 8.80. The molecule has 4 aromatic rings. The third-order valence-corrected chi connectivity index (χ3v) is 11.9. The van der Waals surface area contributed by atoms with E-state index >= 15 is 0 Å². The molecule has 1 N–H and O–H groups in total. The first-order chi connectivity index (χ1) is 20.7. The molecule has 0 aromatic carbocycles. The molecule has 3 fully saturated rings. The summed E-state index contributed by atoms with van der Waals surface area (Å²) in [7, 11) is 0. The van der Waals surface area contributed by atoms with Crippen molar-refractivity contribution in [1.29, 1.82) is 0 Å². The maximum atomic E-state index is 13.5. The van der Waals surface area contributed by atoms with Crippen LogP contribution in [0.5, 0.6) is 0 Å². The number of fused-ring (bicyclic) bond motifs is 2. The first-order valence-corrected chi connectivity index (χ1v) is 17.1. The fourth-order valence-electron chi connectivity index (χ4n) is 8.19.